The van der Waals surface area contributed by atoms with Crippen LogP contribution >= 0.6 is 63.5 Å². The quantitative estimate of drug-likeness (QED) is 0.0463. The highest BCUT2D eigenvalue weighted by atomic mass is 32.1. The fourth-order valence-electron chi connectivity index (χ4n) is 3.18. The van der Waals surface area contributed by atoms with Gasteiger partial charge in [-0.05, 0) is 62.2 Å². The molecule has 0 heterocycles. The van der Waals surface area contributed by atoms with Crippen molar-refractivity contribution in [1.82, 2.24) is 9.44 Å². The third-order valence-electron chi connectivity index (χ3n) is 6.32. The van der Waals surface area contributed by atoms with Crippen molar-refractivity contribution in [2.24, 2.45) is 17.2 Å². The largest absolute Gasteiger partial charge is 0.480 e. The number of nitrogens with two attached hydrogens (primary N) is 3. The van der Waals surface area contributed by atoms with Gasteiger partial charge >= 0.3 is 29.8 Å². The monoisotopic (exact) mass is 815 g/mol. The fourth-order valence-corrected chi connectivity index (χ4v) is 4.38. The number of unbranched alkanes of at least 4 members (excludes halogenated alkanes) is 6. The van der Waals surface area contributed by atoms with Crippen molar-refractivity contribution in [1.29, 1.82) is 0 Å². The molecule has 0 saturated carbocycles. The van der Waals surface area contributed by atoms with Crippen LogP contribution in [0.5, 0.6) is 0 Å². The third-order valence-corrected chi connectivity index (χ3v) is 7.83. The lowest BCUT2D eigenvalue weighted by atomic mass is 10.1. The molecule has 0 bridgehead atoms. The van der Waals surface area contributed by atoms with Crippen molar-refractivity contribution in [2.45, 2.75) is 140 Å². The summed E-state index contributed by atoms with van der Waals surface area (Å²) in [6.07, 6.45) is 12.8. The molecule has 0 saturated heterocycles. The molecular weight excluding hydrogens is 751 g/mol. The Morgan fingerprint density at radius 2 is 0.800 bits per heavy atom. The Hall–Kier alpha value is -1.10. The lowest BCUT2D eigenvalue weighted by molar-refractivity contribution is -0.140. The van der Waals surface area contributed by atoms with E-state index in [1.807, 2.05) is 13.8 Å². The van der Waals surface area contributed by atoms with Crippen molar-refractivity contribution in [2.75, 3.05) is 17.3 Å². The third kappa shape index (κ3) is 46.9. The van der Waals surface area contributed by atoms with Gasteiger partial charge in [0, 0.05) is 0 Å². The maximum atomic E-state index is 10.3. The highest BCUT2D eigenvalue weighted by Gasteiger charge is 2.14. The molecule has 0 aromatic heterocycles. The number of carbonyl (C=O) groups is 5. The van der Waals surface area contributed by atoms with E-state index in [0.29, 0.717) is 37.9 Å². The van der Waals surface area contributed by atoms with Crippen LogP contribution in [0.15, 0.2) is 0 Å². The van der Waals surface area contributed by atoms with Crippen molar-refractivity contribution in [3.63, 3.8) is 0 Å². The predicted molar refractivity (Wildman–Crippen MR) is 216 cm³/mol. The fraction of sp³-hybridized carbons (Fsp3) is 0.833. The lowest BCUT2D eigenvalue weighted by Gasteiger charge is -2.07. The predicted octanol–water partition coefficient (Wildman–Crippen LogP) is 3.62. The van der Waals surface area contributed by atoms with Crippen LogP contribution in [0.4, 0.5) is 0 Å². The Morgan fingerprint density at radius 3 is 1.04 bits per heavy atom. The second-order valence-corrected chi connectivity index (χ2v) is 12.7. The van der Waals surface area contributed by atoms with E-state index in [4.69, 9.17) is 42.7 Å². The molecule has 0 aliphatic heterocycles. The van der Waals surface area contributed by atoms with Crippen LogP contribution in [0.3, 0.4) is 0 Å². The summed E-state index contributed by atoms with van der Waals surface area (Å²) in [5.41, 5.74) is 15.7. The summed E-state index contributed by atoms with van der Waals surface area (Å²) >= 11 is 19.3. The van der Waals surface area contributed by atoms with Gasteiger partial charge in [0.05, 0.1) is 0 Å². The lowest BCUT2D eigenvalue weighted by Crippen LogP contribution is -2.30. The van der Waals surface area contributed by atoms with Crippen LogP contribution in [0.1, 0.15) is 110 Å². The average Bonchev–Trinajstić information content (AvgIpc) is 3.06. The zero-order chi connectivity index (χ0) is 39.9. The molecular formula is C30H65N5O10S5. The van der Waals surface area contributed by atoms with Gasteiger partial charge in [-0.15, -0.1) is 0 Å². The summed E-state index contributed by atoms with van der Waals surface area (Å²) in [6, 6.07) is -3.11. The molecule has 50 heavy (non-hydrogen) atoms. The standard InChI is InChI=1S/C8H17NO2S.C7H15NO2S.C6H13NO2S.C5H11NO2S.C4H9NO2S/c9-7(8(10)11)5-3-1-2-4-6-12;8-6(7(9)10)4-2-1-3-5-11;1-2-3-4-5(7-10)6(8)9;1-2-3-4(6-9)5(7)8;5-3(1-2-8)4(6)7/h7,12H,1-6,9H2,(H,10,11);6,11H,1-5,8H2,(H,9,10);5,7,10H,2-4H2,1H3,(H,8,9);4,6,9H,2-3H2,1H3,(H,7,8);3,8H,1-2,5H2,(H,6,7). The number of rotatable bonds is 25. The number of thiol groups is 5. The first-order valence-electron chi connectivity index (χ1n) is 16.5. The second-order valence-electron chi connectivity index (χ2n) is 10.8. The molecule has 13 N–H and O–H groups in total. The number of hydrogen-bond donors (Lipinski definition) is 15. The molecule has 300 valence electrons. The van der Waals surface area contributed by atoms with Gasteiger partial charge in [-0.1, -0.05) is 90.8 Å². The van der Waals surface area contributed by atoms with E-state index in [-0.39, 0.29) is 0 Å². The zero-order valence-electron chi connectivity index (χ0n) is 29.4. The van der Waals surface area contributed by atoms with Gasteiger partial charge in [0.1, 0.15) is 30.2 Å². The molecule has 0 fully saturated rings. The van der Waals surface area contributed by atoms with E-state index in [0.717, 1.165) is 75.7 Å². The van der Waals surface area contributed by atoms with E-state index >= 15 is 0 Å². The summed E-state index contributed by atoms with van der Waals surface area (Å²) in [6.45, 7) is 3.96. The minimum absolute atomic E-state index is 0.429. The van der Waals surface area contributed by atoms with Crippen molar-refractivity contribution in [3.05, 3.63) is 0 Å². The molecule has 20 heteroatoms. The summed E-state index contributed by atoms with van der Waals surface area (Å²) in [5, 5.41) is 41.9. The minimum Gasteiger partial charge on any atom is -0.480 e. The van der Waals surface area contributed by atoms with Gasteiger partial charge < -0.3 is 42.7 Å². The average molecular weight is 816 g/mol. The number of aliphatic carboxylic acids is 5. The van der Waals surface area contributed by atoms with Gasteiger partial charge in [-0.25, -0.2) is 0 Å². The molecule has 0 aliphatic carbocycles. The van der Waals surface area contributed by atoms with Crippen molar-refractivity contribution >= 4 is 93.4 Å². The Morgan fingerprint density at radius 1 is 0.460 bits per heavy atom. The Bertz CT molecular complexity index is 841. The first-order valence-corrected chi connectivity index (χ1v) is 19.3. The first kappa shape index (κ1) is 58.2. The maximum absolute atomic E-state index is 10.3. The molecule has 0 aromatic rings. The first-order chi connectivity index (χ1) is 23.5. The number of carboxylic acids is 5. The van der Waals surface area contributed by atoms with E-state index in [2.05, 4.69) is 73.0 Å². The number of carboxylic acid groups (broad SMARTS) is 5. The number of hydrogen-bond acceptors (Lipinski definition) is 15. The Kier molecular flexibility index (Phi) is 51.3. The Labute approximate surface area is 325 Å². The smallest absolute Gasteiger partial charge is 0.321 e. The van der Waals surface area contributed by atoms with E-state index in [1.54, 1.807) is 0 Å². The van der Waals surface area contributed by atoms with Gasteiger partial charge in [0.15, 0.2) is 0 Å². The highest BCUT2D eigenvalue weighted by Crippen LogP contribution is 2.06. The van der Waals surface area contributed by atoms with E-state index in [1.165, 1.54) is 0 Å². The SMILES string of the molecule is CCCC(NS)C(=O)O.CCCCC(NS)C(=O)O.NC(CCCCCCS)C(=O)O.NC(CCCCCS)C(=O)O.NC(CCS)C(=O)O. The van der Waals surface area contributed by atoms with Crippen LogP contribution in [-0.4, -0.2) is 103 Å². The van der Waals surface area contributed by atoms with Gasteiger partial charge in [0.25, 0.3) is 0 Å². The highest BCUT2D eigenvalue weighted by molar-refractivity contribution is 7.80. The Balaban J connectivity index is -0.000000170. The minimum atomic E-state index is -0.959. The molecule has 0 aliphatic rings. The van der Waals surface area contributed by atoms with Crippen molar-refractivity contribution < 1.29 is 49.5 Å². The summed E-state index contributed by atoms with van der Waals surface area (Å²) < 4.78 is 4.83. The van der Waals surface area contributed by atoms with Gasteiger partial charge in [0.2, 0.25) is 0 Å². The van der Waals surface area contributed by atoms with E-state index in [9.17, 15) is 24.0 Å². The van der Waals surface area contributed by atoms with Crippen LogP contribution < -0.4 is 26.6 Å². The summed E-state index contributed by atoms with van der Waals surface area (Å²) in [5.74, 6) is -2.14. The molecule has 0 spiro atoms. The summed E-state index contributed by atoms with van der Waals surface area (Å²) in [7, 11) is 0. The van der Waals surface area contributed by atoms with Crippen LogP contribution in [0.25, 0.3) is 0 Å². The van der Waals surface area contributed by atoms with Crippen LogP contribution in [0, 0.1) is 0 Å². The van der Waals surface area contributed by atoms with Crippen molar-refractivity contribution in [3.8, 4) is 0 Å². The molecule has 15 nitrogen and oxygen atoms in total. The van der Waals surface area contributed by atoms with Crippen LogP contribution in [-0.2, 0) is 24.0 Å². The second kappa shape index (κ2) is 44.1. The zero-order valence-corrected chi connectivity index (χ0v) is 33.8. The molecule has 5 unspecified atom stereocenters. The molecule has 0 radical (unpaired) electrons. The molecule has 5 atom stereocenters. The van der Waals surface area contributed by atoms with Gasteiger partial charge in [-0.2, -0.15) is 37.9 Å². The molecule has 0 aromatic carbocycles. The molecule has 0 amide bonds. The topological polar surface area (TPSA) is 289 Å². The normalized spacial score (nSPS) is 13.0. The van der Waals surface area contributed by atoms with E-state index < -0.39 is 60.1 Å². The summed E-state index contributed by atoms with van der Waals surface area (Å²) in [4.78, 5) is 51.0. The maximum Gasteiger partial charge on any atom is 0.321 e. The van der Waals surface area contributed by atoms with Crippen LogP contribution in [0.2, 0.25) is 0 Å². The van der Waals surface area contributed by atoms with Gasteiger partial charge in [-0.3, -0.25) is 33.4 Å². The molecule has 0 rings (SSSR count). The number of nitrogens with one attached hydrogen (secondary N) is 2.